The number of unbranched alkanes of at least 4 members (excludes halogenated alkanes) is 9. The van der Waals surface area contributed by atoms with Gasteiger partial charge in [0.25, 0.3) is 0 Å². The van der Waals surface area contributed by atoms with E-state index in [1.54, 1.807) is 0 Å². The van der Waals surface area contributed by atoms with Crippen LogP contribution in [0.1, 0.15) is 77.6 Å². The smallest absolute Gasteiger partial charge is 0.550 e. The van der Waals surface area contributed by atoms with E-state index in [1.165, 1.54) is 51.4 Å². The first-order valence-corrected chi connectivity index (χ1v) is 6.47. The van der Waals surface area contributed by atoms with Gasteiger partial charge in [0, 0.05) is 5.97 Å². The van der Waals surface area contributed by atoms with Gasteiger partial charge in [-0.05, 0) is 12.8 Å². The average Bonchev–Trinajstić information content (AvgIpc) is 2.20. The first kappa shape index (κ1) is 18.8. The monoisotopic (exact) mass is 236 g/mol. The van der Waals surface area contributed by atoms with Crippen LogP contribution in [-0.4, -0.2) is 5.97 Å². The predicted molar refractivity (Wildman–Crippen MR) is 61.5 cm³/mol. The summed E-state index contributed by atoms with van der Waals surface area (Å²) < 4.78 is 0. The maximum Gasteiger partial charge on any atom is 1.00 e. The fourth-order valence-electron chi connectivity index (χ4n) is 1.76. The molecule has 0 aromatic rings. The molecular weight excluding hydrogens is 211 g/mol. The molecule has 0 saturated carbocycles. The fraction of sp³-hybridized carbons (Fsp3) is 0.923. The van der Waals surface area contributed by atoms with E-state index in [4.69, 9.17) is 0 Å². The van der Waals surface area contributed by atoms with Crippen molar-refractivity contribution in [3.8, 4) is 0 Å². The van der Waals surface area contributed by atoms with Gasteiger partial charge in [0.2, 0.25) is 0 Å². The van der Waals surface area contributed by atoms with Crippen molar-refractivity contribution in [3.05, 3.63) is 0 Å². The van der Waals surface area contributed by atoms with E-state index in [-0.39, 0.29) is 36.0 Å². The van der Waals surface area contributed by atoms with Crippen LogP contribution >= 0.6 is 0 Å². The van der Waals surface area contributed by atoms with Crippen molar-refractivity contribution in [2.45, 2.75) is 77.6 Å². The molecule has 2 nitrogen and oxygen atoms in total. The third kappa shape index (κ3) is 16.9. The zero-order chi connectivity index (χ0) is 11.4. The Bertz CT molecular complexity index is 149. The van der Waals surface area contributed by atoms with E-state index in [1.807, 2.05) is 0 Å². The van der Waals surface area contributed by atoms with E-state index in [2.05, 4.69) is 6.92 Å². The van der Waals surface area contributed by atoms with Crippen LogP contribution in [0.15, 0.2) is 0 Å². The van der Waals surface area contributed by atoms with Gasteiger partial charge in [-0.2, -0.15) is 0 Å². The molecule has 0 rings (SSSR count). The summed E-state index contributed by atoms with van der Waals surface area (Å²) in [5, 5.41) is 10.1. The van der Waals surface area contributed by atoms with Crippen LogP contribution in [0.2, 0.25) is 0 Å². The zero-order valence-electron chi connectivity index (χ0n) is 11.1. The maximum absolute atomic E-state index is 10.1. The maximum atomic E-state index is 10.1. The van der Waals surface area contributed by atoms with Gasteiger partial charge in [-0.15, -0.1) is 0 Å². The van der Waals surface area contributed by atoms with E-state index >= 15 is 0 Å². The molecule has 0 aliphatic carbocycles. The quantitative estimate of drug-likeness (QED) is 0.376. The third-order valence-corrected chi connectivity index (χ3v) is 2.73. The normalized spacial score (nSPS) is 9.81. The Morgan fingerprint density at radius 1 is 0.812 bits per heavy atom. The molecule has 0 aliphatic rings. The van der Waals surface area contributed by atoms with Gasteiger partial charge < -0.3 is 9.90 Å². The molecule has 0 heterocycles. The average molecular weight is 236 g/mol. The number of carboxylic acid groups (broad SMARTS) is 1. The van der Waals surface area contributed by atoms with Crippen molar-refractivity contribution in [3.63, 3.8) is 0 Å². The van der Waals surface area contributed by atoms with Gasteiger partial charge in [0.1, 0.15) is 0 Å². The van der Waals surface area contributed by atoms with Gasteiger partial charge in [-0.25, -0.2) is 0 Å². The summed E-state index contributed by atoms with van der Waals surface area (Å²) in [7, 11) is 0. The third-order valence-electron chi connectivity index (χ3n) is 2.73. The summed E-state index contributed by atoms with van der Waals surface area (Å²) in [6.45, 7) is 2.23. The Hall–Kier alpha value is 0.470. The molecule has 0 aliphatic heterocycles. The number of hydrogen-bond donors (Lipinski definition) is 0. The van der Waals surface area contributed by atoms with Gasteiger partial charge >= 0.3 is 29.6 Å². The summed E-state index contributed by atoms with van der Waals surface area (Å²) in [5.74, 6) is -0.908. The molecule has 16 heavy (non-hydrogen) atoms. The van der Waals surface area contributed by atoms with Crippen LogP contribution < -0.4 is 34.7 Å². The van der Waals surface area contributed by atoms with Crippen LogP contribution in [0.25, 0.3) is 0 Å². The standard InChI is InChI=1S/C13H26O2.Na/c1-2-3-4-5-6-7-8-9-10-11-12-13(14)15;/h2-12H2,1H3,(H,14,15);/q;+1/p-1. The van der Waals surface area contributed by atoms with Gasteiger partial charge in [0.05, 0.1) is 0 Å². The molecule has 0 spiro atoms. The molecular formula is C13H25NaO2. The van der Waals surface area contributed by atoms with Crippen molar-refractivity contribution < 1.29 is 39.5 Å². The van der Waals surface area contributed by atoms with Gasteiger partial charge in [-0.1, -0.05) is 64.7 Å². The number of carbonyl (C=O) groups is 1. The molecule has 90 valence electrons. The largest absolute Gasteiger partial charge is 1.00 e. The zero-order valence-corrected chi connectivity index (χ0v) is 13.1. The summed E-state index contributed by atoms with van der Waals surface area (Å²) in [6, 6.07) is 0. The van der Waals surface area contributed by atoms with Crippen LogP contribution in [0, 0.1) is 0 Å². The predicted octanol–water partition coefficient (Wildman–Crippen LogP) is 0.0513. The molecule has 0 amide bonds. The fourth-order valence-corrected chi connectivity index (χ4v) is 1.76. The number of carbonyl (C=O) groups excluding carboxylic acids is 1. The van der Waals surface area contributed by atoms with Crippen molar-refractivity contribution in [1.82, 2.24) is 0 Å². The minimum atomic E-state index is -0.908. The second-order valence-corrected chi connectivity index (χ2v) is 4.30. The first-order chi connectivity index (χ1) is 7.27. The number of rotatable bonds is 11. The van der Waals surface area contributed by atoms with Crippen molar-refractivity contribution in [1.29, 1.82) is 0 Å². The van der Waals surface area contributed by atoms with Gasteiger partial charge in [0.15, 0.2) is 0 Å². The Morgan fingerprint density at radius 2 is 1.19 bits per heavy atom. The Labute approximate surface area is 122 Å². The second-order valence-electron chi connectivity index (χ2n) is 4.30. The summed E-state index contributed by atoms with van der Waals surface area (Å²) in [5.41, 5.74) is 0. The number of carboxylic acids is 1. The molecule has 0 atom stereocenters. The molecule has 0 bridgehead atoms. The first-order valence-electron chi connectivity index (χ1n) is 6.47. The van der Waals surface area contributed by atoms with Crippen LogP contribution in [0.3, 0.4) is 0 Å². The molecule has 0 N–H and O–H groups in total. The number of aliphatic carboxylic acids is 1. The van der Waals surface area contributed by atoms with Crippen LogP contribution in [0.4, 0.5) is 0 Å². The van der Waals surface area contributed by atoms with Crippen LogP contribution in [0.5, 0.6) is 0 Å². The van der Waals surface area contributed by atoms with E-state index in [0.717, 1.165) is 12.8 Å². The van der Waals surface area contributed by atoms with Crippen molar-refractivity contribution >= 4 is 5.97 Å². The van der Waals surface area contributed by atoms with Crippen molar-refractivity contribution in [2.75, 3.05) is 0 Å². The van der Waals surface area contributed by atoms with E-state index < -0.39 is 5.97 Å². The summed E-state index contributed by atoms with van der Waals surface area (Å²) in [6.07, 6.45) is 12.6. The van der Waals surface area contributed by atoms with E-state index in [9.17, 15) is 9.90 Å². The molecule has 0 saturated heterocycles. The molecule has 0 aromatic carbocycles. The summed E-state index contributed by atoms with van der Waals surface area (Å²) in [4.78, 5) is 10.1. The summed E-state index contributed by atoms with van der Waals surface area (Å²) >= 11 is 0. The van der Waals surface area contributed by atoms with E-state index in [0.29, 0.717) is 0 Å². The molecule has 0 radical (unpaired) electrons. The second kappa shape index (κ2) is 15.5. The molecule has 3 heteroatoms. The van der Waals surface area contributed by atoms with Crippen LogP contribution in [-0.2, 0) is 4.79 Å². The Balaban J connectivity index is 0. The molecule has 0 aromatic heterocycles. The molecule has 0 fully saturated rings. The number of hydrogen-bond acceptors (Lipinski definition) is 2. The van der Waals surface area contributed by atoms with Crippen molar-refractivity contribution in [2.24, 2.45) is 0 Å². The SMILES string of the molecule is CCCCCCCCCCCCC(=O)[O-].[Na+]. The van der Waals surface area contributed by atoms with Gasteiger partial charge in [-0.3, -0.25) is 0 Å². The molecule has 0 unspecified atom stereocenters. The topological polar surface area (TPSA) is 40.1 Å². The minimum Gasteiger partial charge on any atom is -0.550 e. The Morgan fingerprint density at radius 3 is 1.56 bits per heavy atom. The Kier molecular flexibility index (Phi) is 18.2. The minimum absolute atomic E-state index is 0.